The first-order chi connectivity index (χ1) is 9.16. The Labute approximate surface area is 113 Å². The molecule has 0 spiro atoms. The molecule has 102 valence electrons. The Kier molecular flexibility index (Phi) is 4.76. The molecule has 0 radical (unpaired) electrons. The predicted octanol–water partition coefficient (Wildman–Crippen LogP) is 2.07. The first kappa shape index (κ1) is 13.8. The zero-order valence-corrected chi connectivity index (χ0v) is 11.5. The number of hydrogen-bond acceptors (Lipinski definition) is 2. The molecule has 0 aliphatic heterocycles. The second-order valence-corrected chi connectivity index (χ2v) is 6.37. The van der Waals surface area contributed by atoms with Gasteiger partial charge in [0.25, 0.3) is 0 Å². The topological polar surface area (TPSA) is 62.0 Å². The molecule has 0 saturated carbocycles. The minimum Gasteiger partial charge on any atom is -0.367 e. The van der Waals surface area contributed by atoms with Gasteiger partial charge in [-0.3, -0.25) is 0 Å². The van der Waals surface area contributed by atoms with E-state index >= 15 is 0 Å². The van der Waals surface area contributed by atoms with E-state index in [1.165, 1.54) is 5.56 Å². The zero-order valence-electron chi connectivity index (χ0n) is 10.7. The van der Waals surface area contributed by atoms with E-state index in [4.69, 9.17) is 0 Å². The zero-order chi connectivity index (χ0) is 13.6. The van der Waals surface area contributed by atoms with Gasteiger partial charge in [-0.2, -0.15) is 0 Å². The summed E-state index contributed by atoms with van der Waals surface area (Å²) in [6.07, 6.45) is 4.98. The van der Waals surface area contributed by atoms with Gasteiger partial charge in [0.05, 0.1) is 5.75 Å². The van der Waals surface area contributed by atoms with E-state index in [1.807, 2.05) is 36.4 Å². The Balaban J connectivity index is 1.75. The molecule has 0 aliphatic carbocycles. The largest absolute Gasteiger partial charge is 0.367 e. The number of aromatic nitrogens is 1. The van der Waals surface area contributed by atoms with Gasteiger partial charge in [0, 0.05) is 18.9 Å². The first-order valence-electron chi connectivity index (χ1n) is 6.29. The molecule has 0 saturated heterocycles. The third kappa shape index (κ3) is 4.89. The van der Waals surface area contributed by atoms with Crippen molar-refractivity contribution in [2.75, 3.05) is 5.75 Å². The summed E-state index contributed by atoms with van der Waals surface area (Å²) in [5, 5.41) is 0. The van der Waals surface area contributed by atoms with Crippen molar-refractivity contribution in [2.45, 2.75) is 19.4 Å². The maximum atomic E-state index is 11.8. The van der Waals surface area contributed by atoms with Gasteiger partial charge in [-0.05, 0) is 30.0 Å². The van der Waals surface area contributed by atoms with E-state index < -0.39 is 10.0 Å². The highest BCUT2D eigenvalue weighted by molar-refractivity contribution is 7.89. The van der Waals surface area contributed by atoms with Crippen LogP contribution in [0.3, 0.4) is 0 Å². The predicted molar refractivity (Wildman–Crippen MR) is 76.2 cm³/mol. The molecular formula is C14H18N2O2S. The quantitative estimate of drug-likeness (QED) is 0.814. The summed E-state index contributed by atoms with van der Waals surface area (Å²) in [7, 11) is -3.19. The normalized spacial score (nSPS) is 11.6. The molecule has 0 amide bonds. The van der Waals surface area contributed by atoms with E-state index in [1.54, 1.807) is 12.4 Å². The van der Waals surface area contributed by atoms with Crippen molar-refractivity contribution in [1.29, 1.82) is 0 Å². The molecule has 5 heteroatoms. The van der Waals surface area contributed by atoms with E-state index in [9.17, 15) is 8.42 Å². The van der Waals surface area contributed by atoms with Crippen molar-refractivity contribution < 1.29 is 8.42 Å². The number of sulfonamides is 1. The highest BCUT2D eigenvalue weighted by Crippen LogP contribution is 2.04. The van der Waals surface area contributed by atoms with Crippen molar-refractivity contribution in [1.82, 2.24) is 9.71 Å². The number of rotatable bonds is 7. The molecule has 0 bridgehead atoms. The molecule has 1 aromatic heterocycles. The van der Waals surface area contributed by atoms with E-state index in [-0.39, 0.29) is 5.75 Å². The van der Waals surface area contributed by atoms with Crippen molar-refractivity contribution in [3.8, 4) is 0 Å². The molecule has 2 N–H and O–H groups in total. The fourth-order valence-electron chi connectivity index (χ4n) is 1.84. The van der Waals surface area contributed by atoms with Crippen molar-refractivity contribution in [3.63, 3.8) is 0 Å². The maximum absolute atomic E-state index is 11.8. The van der Waals surface area contributed by atoms with Crippen LogP contribution in [0, 0.1) is 0 Å². The van der Waals surface area contributed by atoms with Gasteiger partial charge in [-0.25, -0.2) is 13.1 Å². The van der Waals surface area contributed by atoms with E-state index in [0.29, 0.717) is 13.0 Å². The third-order valence-electron chi connectivity index (χ3n) is 2.88. The number of hydrogen-bond donors (Lipinski definition) is 2. The van der Waals surface area contributed by atoms with Crippen LogP contribution in [-0.4, -0.2) is 19.2 Å². The van der Waals surface area contributed by atoms with Crippen LogP contribution in [0.25, 0.3) is 0 Å². The van der Waals surface area contributed by atoms with Gasteiger partial charge in [-0.1, -0.05) is 30.3 Å². The molecule has 2 rings (SSSR count). The highest BCUT2D eigenvalue weighted by Gasteiger charge is 2.09. The van der Waals surface area contributed by atoms with Crippen LogP contribution in [0.5, 0.6) is 0 Å². The molecule has 1 heterocycles. The highest BCUT2D eigenvalue weighted by atomic mass is 32.2. The SMILES string of the molecule is O=S(=O)(CCCc1ccccc1)NCc1cc[nH]c1. The second kappa shape index (κ2) is 6.54. The molecule has 0 atom stereocenters. The lowest BCUT2D eigenvalue weighted by atomic mass is 10.1. The summed E-state index contributed by atoms with van der Waals surface area (Å²) in [6.45, 7) is 0.344. The minimum atomic E-state index is -3.19. The monoisotopic (exact) mass is 278 g/mol. The molecule has 19 heavy (non-hydrogen) atoms. The molecule has 0 fully saturated rings. The smallest absolute Gasteiger partial charge is 0.211 e. The number of H-pyrrole nitrogens is 1. The van der Waals surface area contributed by atoms with Gasteiger partial charge in [0.1, 0.15) is 0 Å². The van der Waals surface area contributed by atoms with Crippen LogP contribution in [0.2, 0.25) is 0 Å². The summed E-state index contributed by atoms with van der Waals surface area (Å²) < 4.78 is 26.2. The van der Waals surface area contributed by atoms with Gasteiger partial charge in [0.2, 0.25) is 10.0 Å². The first-order valence-corrected chi connectivity index (χ1v) is 7.94. The van der Waals surface area contributed by atoms with Gasteiger partial charge < -0.3 is 4.98 Å². The van der Waals surface area contributed by atoms with E-state index in [2.05, 4.69) is 9.71 Å². The second-order valence-electron chi connectivity index (χ2n) is 4.45. The van der Waals surface area contributed by atoms with Crippen LogP contribution >= 0.6 is 0 Å². The Morgan fingerprint density at radius 2 is 1.84 bits per heavy atom. The average Bonchev–Trinajstić information content (AvgIpc) is 2.91. The Morgan fingerprint density at radius 1 is 1.05 bits per heavy atom. The number of benzene rings is 1. The van der Waals surface area contributed by atoms with Crippen molar-refractivity contribution in [3.05, 3.63) is 59.9 Å². The molecule has 0 aliphatic rings. The molecule has 2 aromatic rings. The summed E-state index contributed by atoms with van der Waals surface area (Å²) in [6, 6.07) is 11.8. The molecular weight excluding hydrogens is 260 g/mol. The van der Waals surface area contributed by atoms with Crippen molar-refractivity contribution in [2.24, 2.45) is 0 Å². The fourth-order valence-corrected chi connectivity index (χ4v) is 2.90. The van der Waals surface area contributed by atoms with Gasteiger partial charge >= 0.3 is 0 Å². The van der Waals surface area contributed by atoms with Crippen molar-refractivity contribution >= 4 is 10.0 Å². The van der Waals surface area contributed by atoms with Crippen LogP contribution in [-0.2, 0) is 23.0 Å². The standard InChI is InChI=1S/C14H18N2O2S/c17-19(18,16-12-14-8-9-15-11-14)10-4-7-13-5-2-1-3-6-13/h1-3,5-6,8-9,11,15-16H,4,7,10,12H2. The Hall–Kier alpha value is -1.59. The van der Waals surface area contributed by atoms with E-state index in [0.717, 1.165) is 12.0 Å². The Morgan fingerprint density at radius 3 is 2.53 bits per heavy atom. The number of nitrogens with one attached hydrogen (secondary N) is 2. The lowest BCUT2D eigenvalue weighted by molar-refractivity contribution is 0.578. The fraction of sp³-hybridized carbons (Fsp3) is 0.286. The van der Waals surface area contributed by atoms with Crippen LogP contribution < -0.4 is 4.72 Å². The summed E-state index contributed by atoms with van der Waals surface area (Å²) in [4.78, 5) is 2.90. The number of aromatic amines is 1. The molecule has 0 unspecified atom stereocenters. The van der Waals surface area contributed by atoms with Gasteiger partial charge in [0.15, 0.2) is 0 Å². The van der Waals surface area contributed by atoms with Crippen LogP contribution in [0.4, 0.5) is 0 Å². The van der Waals surface area contributed by atoms with Crippen LogP contribution in [0.15, 0.2) is 48.8 Å². The minimum absolute atomic E-state index is 0.159. The van der Waals surface area contributed by atoms with Crippen LogP contribution in [0.1, 0.15) is 17.5 Å². The number of aryl methyl sites for hydroxylation is 1. The third-order valence-corrected chi connectivity index (χ3v) is 4.29. The van der Waals surface area contributed by atoms with Gasteiger partial charge in [-0.15, -0.1) is 0 Å². The summed E-state index contributed by atoms with van der Waals surface area (Å²) in [5.41, 5.74) is 2.11. The Bertz CT molecular complexity index is 577. The maximum Gasteiger partial charge on any atom is 0.211 e. The molecule has 1 aromatic carbocycles. The lowest BCUT2D eigenvalue weighted by Crippen LogP contribution is -2.26. The average molecular weight is 278 g/mol. The summed E-state index contributed by atoms with van der Waals surface area (Å²) >= 11 is 0. The summed E-state index contributed by atoms with van der Waals surface area (Å²) in [5.74, 6) is 0.159. The molecule has 4 nitrogen and oxygen atoms in total. The lowest BCUT2D eigenvalue weighted by Gasteiger charge is -2.05.